The summed E-state index contributed by atoms with van der Waals surface area (Å²) in [5.41, 5.74) is 3.37. The van der Waals surface area contributed by atoms with Gasteiger partial charge < -0.3 is 19.9 Å². The Bertz CT molecular complexity index is 750. The number of rotatable bonds is 10. The van der Waals surface area contributed by atoms with Crippen molar-refractivity contribution in [2.75, 3.05) is 52.3 Å². The molecule has 1 heterocycles. The van der Waals surface area contributed by atoms with Crippen LogP contribution in [-0.4, -0.2) is 63.0 Å². The van der Waals surface area contributed by atoms with Crippen molar-refractivity contribution < 1.29 is 19.4 Å². The lowest BCUT2D eigenvalue weighted by Crippen LogP contribution is -2.32. The average molecular weight is 431 g/mol. The number of likely N-dealkylation sites (tertiary alicyclic amines) is 1. The summed E-state index contributed by atoms with van der Waals surface area (Å²) in [6.45, 7) is 12.8. The van der Waals surface area contributed by atoms with Gasteiger partial charge in [-0.25, -0.2) is 4.79 Å². The fourth-order valence-electron chi connectivity index (χ4n) is 3.26. The highest BCUT2D eigenvalue weighted by Gasteiger charge is 2.14. The molecule has 6 nitrogen and oxygen atoms in total. The van der Waals surface area contributed by atoms with Crippen LogP contribution in [0.5, 0.6) is 0 Å². The number of nitrogens with one attached hydrogen (secondary N) is 1. The molecular formula is C25H38N2O4. The number of carbonyl (C=O) groups is 1. The number of hydrogen-bond acceptors (Lipinski definition) is 5. The van der Waals surface area contributed by atoms with Gasteiger partial charge in [-0.05, 0) is 63.6 Å². The highest BCUT2D eigenvalue weighted by atomic mass is 16.5. The third-order valence-corrected chi connectivity index (χ3v) is 5.06. The fraction of sp³-hybridized carbons (Fsp3) is 0.480. The van der Waals surface area contributed by atoms with Crippen molar-refractivity contribution >= 4 is 11.7 Å². The van der Waals surface area contributed by atoms with E-state index in [9.17, 15) is 4.79 Å². The van der Waals surface area contributed by atoms with E-state index in [0.29, 0.717) is 13.2 Å². The minimum atomic E-state index is -0.916. The summed E-state index contributed by atoms with van der Waals surface area (Å²) in [6, 6.07) is 6.68. The summed E-state index contributed by atoms with van der Waals surface area (Å²) in [7, 11) is 3.35. The van der Waals surface area contributed by atoms with Crippen LogP contribution >= 0.6 is 0 Å². The predicted molar refractivity (Wildman–Crippen MR) is 128 cm³/mol. The van der Waals surface area contributed by atoms with Crippen LogP contribution in [0.2, 0.25) is 0 Å². The van der Waals surface area contributed by atoms with Crippen molar-refractivity contribution in [1.29, 1.82) is 0 Å². The summed E-state index contributed by atoms with van der Waals surface area (Å²) in [4.78, 5) is 13.1. The molecule has 1 aliphatic rings. The zero-order valence-corrected chi connectivity index (χ0v) is 19.4. The number of methoxy groups -OCH3 is 2. The lowest BCUT2D eigenvalue weighted by molar-refractivity contribution is 0.0697. The van der Waals surface area contributed by atoms with E-state index in [2.05, 4.69) is 22.9 Å². The summed E-state index contributed by atoms with van der Waals surface area (Å²) >= 11 is 0. The van der Waals surface area contributed by atoms with Gasteiger partial charge in [0.1, 0.15) is 0 Å². The molecule has 2 rings (SSSR count). The summed E-state index contributed by atoms with van der Waals surface area (Å²) in [6.07, 6.45) is 8.09. The SMILES string of the molecule is C=C(/C=C\C)/C(CN1CCCCC1)=C(\C)OC.COCCNc1cccc(C(=O)O)c1. The molecule has 1 aliphatic heterocycles. The number of carboxylic acids is 1. The number of ether oxygens (including phenoxy) is 2. The van der Waals surface area contributed by atoms with Crippen LogP contribution < -0.4 is 5.32 Å². The molecule has 0 spiro atoms. The van der Waals surface area contributed by atoms with Crippen molar-refractivity contribution in [2.24, 2.45) is 0 Å². The normalized spacial score (nSPS) is 15.0. The van der Waals surface area contributed by atoms with Crippen molar-refractivity contribution in [2.45, 2.75) is 33.1 Å². The van der Waals surface area contributed by atoms with Crippen molar-refractivity contribution in [3.05, 3.63) is 65.5 Å². The van der Waals surface area contributed by atoms with Crippen molar-refractivity contribution in [3.63, 3.8) is 0 Å². The molecule has 1 aromatic rings. The zero-order valence-electron chi connectivity index (χ0n) is 19.4. The first-order valence-electron chi connectivity index (χ1n) is 10.8. The minimum absolute atomic E-state index is 0.285. The Labute approximate surface area is 187 Å². The number of carboxylic acid groups (broad SMARTS) is 1. The molecule has 1 aromatic carbocycles. The number of anilines is 1. The zero-order chi connectivity index (χ0) is 23.1. The highest BCUT2D eigenvalue weighted by molar-refractivity contribution is 5.88. The van der Waals surface area contributed by atoms with Crippen molar-refractivity contribution in [3.8, 4) is 0 Å². The van der Waals surface area contributed by atoms with Gasteiger partial charge in [-0.1, -0.05) is 31.2 Å². The first-order valence-corrected chi connectivity index (χ1v) is 10.8. The molecular weight excluding hydrogens is 392 g/mol. The van der Waals surface area contributed by atoms with E-state index in [4.69, 9.17) is 14.6 Å². The van der Waals surface area contributed by atoms with Crippen LogP contribution in [0.15, 0.2) is 59.9 Å². The number of aromatic carboxylic acids is 1. The molecule has 0 saturated carbocycles. The third kappa shape index (κ3) is 10.3. The molecule has 1 saturated heterocycles. The first-order chi connectivity index (χ1) is 14.9. The number of hydrogen-bond donors (Lipinski definition) is 2. The second-order valence-corrected chi connectivity index (χ2v) is 7.41. The number of piperidine rings is 1. The number of benzene rings is 1. The molecule has 31 heavy (non-hydrogen) atoms. The van der Waals surface area contributed by atoms with Gasteiger partial charge in [-0.3, -0.25) is 4.90 Å². The smallest absolute Gasteiger partial charge is 0.335 e. The first kappa shape index (κ1) is 26.5. The van der Waals surface area contributed by atoms with Crippen LogP contribution in [0.1, 0.15) is 43.5 Å². The van der Waals surface area contributed by atoms with Gasteiger partial charge in [-0.2, -0.15) is 0 Å². The summed E-state index contributed by atoms with van der Waals surface area (Å²) in [5, 5.41) is 11.8. The van der Waals surface area contributed by atoms with Gasteiger partial charge in [0, 0.05) is 31.5 Å². The van der Waals surface area contributed by atoms with E-state index in [1.807, 2.05) is 26.0 Å². The predicted octanol–water partition coefficient (Wildman–Crippen LogP) is 4.97. The molecule has 172 valence electrons. The van der Waals surface area contributed by atoms with Gasteiger partial charge >= 0.3 is 5.97 Å². The lowest BCUT2D eigenvalue weighted by atomic mass is 10.0. The second kappa shape index (κ2) is 15.3. The molecule has 0 bridgehead atoms. The fourth-order valence-corrected chi connectivity index (χ4v) is 3.26. The van der Waals surface area contributed by atoms with E-state index in [0.717, 1.165) is 23.6 Å². The van der Waals surface area contributed by atoms with Gasteiger partial charge in [0.2, 0.25) is 0 Å². The lowest BCUT2D eigenvalue weighted by Gasteiger charge is -2.28. The maximum atomic E-state index is 10.6. The summed E-state index contributed by atoms with van der Waals surface area (Å²) < 4.78 is 10.2. The Kier molecular flexibility index (Phi) is 13.0. The Morgan fingerprint density at radius 3 is 2.55 bits per heavy atom. The molecule has 0 atom stereocenters. The summed E-state index contributed by atoms with van der Waals surface area (Å²) in [5.74, 6) is 0.0686. The number of allylic oxidation sites excluding steroid dienone is 3. The number of nitrogens with zero attached hydrogens (tertiary/aromatic N) is 1. The molecule has 2 N–H and O–H groups in total. The second-order valence-electron chi connectivity index (χ2n) is 7.41. The molecule has 0 unspecified atom stereocenters. The Morgan fingerprint density at radius 1 is 1.26 bits per heavy atom. The standard InChI is InChI=1S/C15H25NO.C10H13NO3/c1-5-9-13(2)15(14(3)17-4)12-16-10-7-6-8-11-16;1-14-6-5-11-9-4-2-3-8(7-9)10(12)13/h5,9H,2,6-8,10-12H2,1,3-4H3;2-4,7,11H,5-6H2,1H3,(H,12,13)/b9-5-,15-14+;. The molecule has 1 fully saturated rings. The van der Waals surface area contributed by atoms with Crippen LogP contribution in [0.25, 0.3) is 0 Å². The Morgan fingerprint density at radius 2 is 1.97 bits per heavy atom. The van der Waals surface area contributed by atoms with E-state index in [1.54, 1.807) is 32.4 Å². The van der Waals surface area contributed by atoms with Crippen LogP contribution in [0.3, 0.4) is 0 Å². The highest BCUT2D eigenvalue weighted by Crippen LogP contribution is 2.19. The van der Waals surface area contributed by atoms with Crippen LogP contribution in [-0.2, 0) is 9.47 Å². The Hall–Kier alpha value is -2.57. The van der Waals surface area contributed by atoms with Gasteiger partial charge in [0.05, 0.1) is 25.0 Å². The Balaban J connectivity index is 0.000000316. The maximum Gasteiger partial charge on any atom is 0.335 e. The van der Waals surface area contributed by atoms with E-state index in [-0.39, 0.29) is 5.56 Å². The van der Waals surface area contributed by atoms with Gasteiger partial charge in [-0.15, -0.1) is 0 Å². The largest absolute Gasteiger partial charge is 0.501 e. The molecule has 0 radical (unpaired) electrons. The van der Waals surface area contributed by atoms with Crippen LogP contribution in [0, 0.1) is 0 Å². The topological polar surface area (TPSA) is 71.0 Å². The van der Waals surface area contributed by atoms with E-state index >= 15 is 0 Å². The molecule has 6 heteroatoms. The average Bonchev–Trinajstić information content (AvgIpc) is 2.78. The van der Waals surface area contributed by atoms with E-state index in [1.165, 1.54) is 37.9 Å². The quantitative estimate of drug-likeness (QED) is 0.310. The monoisotopic (exact) mass is 430 g/mol. The third-order valence-electron chi connectivity index (χ3n) is 5.06. The van der Waals surface area contributed by atoms with Gasteiger partial charge in [0.15, 0.2) is 0 Å². The van der Waals surface area contributed by atoms with Crippen LogP contribution in [0.4, 0.5) is 5.69 Å². The molecule has 0 aromatic heterocycles. The van der Waals surface area contributed by atoms with E-state index < -0.39 is 5.97 Å². The maximum absolute atomic E-state index is 10.6. The minimum Gasteiger partial charge on any atom is -0.501 e. The molecule has 0 aliphatic carbocycles. The van der Waals surface area contributed by atoms with Gasteiger partial charge in [0.25, 0.3) is 0 Å². The van der Waals surface area contributed by atoms with Crippen molar-refractivity contribution in [1.82, 2.24) is 4.90 Å². The molecule has 0 amide bonds.